The van der Waals surface area contributed by atoms with Crippen LogP contribution >= 0.6 is 0 Å². The van der Waals surface area contributed by atoms with Gasteiger partial charge >= 0.3 is 5.69 Å². The summed E-state index contributed by atoms with van der Waals surface area (Å²) in [6, 6.07) is 2.95. The van der Waals surface area contributed by atoms with Crippen molar-refractivity contribution in [1.82, 2.24) is 14.1 Å². The second-order valence-electron chi connectivity index (χ2n) is 10.0. The predicted octanol–water partition coefficient (Wildman–Crippen LogP) is 2.90. The number of aromatic nitrogens is 3. The van der Waals surface area contributed by atoms with E-state index >= 15 is 0 Å². The largest absolute Gasteiger partial charge is 0.390 e. The standard InChI is InChI=1S/C28H39N3O7/c1-3-4-5-6-7-8-9-10-11-14-21(32)24(34)25-22(33)16-23(38-25)30-18-19(2)26(35)31(28(30)37)27(36)20-13-12-15-29-17-20/h12-13,15,17-18,21-23,25,32-33H,3-11,14,16H2,1-2H3/t21?,22-,23+,25-/m0/s1. The van der Waals surface area contributed by atoms with E-state index in [2.05, 4.69) is 11.9 Å². The SMILES string of the molecule is CCCCCCCCCCCC(O)C(=O)[C@H]1O[C@@H](n2cc(C)c(=O)n(C(=O)c3cccnc3)c2=O)C[C@@H]1O. The number of aryl methyl sites for hydroxylation is 1. The second-order valence-corrected chi connectivity index (χ2v) is 10.0. The summed E-state index contributed by atoms with van der Waals surface area (Å²) in [6.07, 6.45) is 9.19. The number of aliphatic hydroxyl groups excluding tert-OH is 2. The van der Waals surface area contributed by atoms with Crippen LogP contribution in [0, 0.1) is 6.92 Å². The number of hydrogen-bond acceptors (Lipinski definition) is 8. The fourth-order valence-electron chi connectivity index (χ4n) is 4.76. The quantitative estimate of drug-likeness (QED) is 0.356. The molecule has 0 spiro atoms. The number of carbonyl (C=O) groups is 2. The number of ether oxygens (including phenoxy) is 1. The van der Waals surface area contributed by atoms with Crippen LogP contribution in [0.4, 0.5) is 0 Å². The van der Waals surface area contributed by atoms with E-state index in [1.165, 1.54) is 69.8 Å². The smallest absolute Gasteiger partial charge is 0.340 e. The van der Waals surface area contributed by atoms with E-state index in [9.17, 15) is 29.4 Å². The van der Waals surface area contributed by atoms with Crippen LogP contribution in [0.2, 0.25) is 0 Å². The Balaban J connectivity index is 1.61. The molecule has 3 rings (SSSR count). The van der Waals surface area contributed by atoms with Gasteiger partial charge in [-0.25, -0.2) is 4.79 Å². The minimum atomic E-state index is -1.31. The van der Waals surface area contributed by atoms with Crippen molar-refractivity contribution < 1.29 is 24.5 Å². The first-order valence-electron chi connectivity index (χ1n) is 13.6. The van der Waals surface area contributed by atoms with Gasteiger partial charge in [0.15, 0.2) is 5.78 Å². The molecule has 208 valence electrons. The Hall–Kier alpha value is -2.95. The molecule has 2 aromatic heterocycles. The number of nitrogens with zero attached hydrogens (tertiary/aromatic N) is 3. The molecule has 3 heterocycles. The zero-order valence-corrected chi connectivity index (χ0v) is 22.3. The predicted molar refractivity (Wildman–Crippen MR) is 141 cm³/mol. The molecule has 10 nitrogen and oxygen atoms in total. The summed E-state index contributed by atoms with van der Waals surface area (Å²) < 4.78 is 7.25. The maximum Gasteiger partial charge on any atom is 0.340 e. The highest BCUT2D eigenvalue weighted by atomic mass is 16.5. The van der Waals surface area contributed by atoms with Gasteiger partial charge in [0.05, 0.1) is 11.7 Å². The highest BCUT2D eigenvalue weighted by molar-refractivity contribution is 5.95. The molecule has 1 fully saturated rings. The lowest BCUT2D eigenvalue weighted by Crippen LogP contribution is -2.45. The number of carbonyl (C=O) groups excluding carboxylic acids is 2. The Kier molecular flexibility index (Phi) is 11.1. The van der Waals surface area contributed by atoms with Crippen molar-refractivity contribution in [3.05, 3.63) is 62.7 Å². The monoisotopic (exact) mass is 529 g/mol. The van der Waals surface area contributed by atoms with Crippen LogP contribution in [0.5, 0.6) is 0 Å². The zero-order chi connectivity index (χ0) is 27.7. The summed E-state index contributed by atoms with van der Waals surface area (Å²) in [6.45, 7) is 3.64. The van der Waals surface area contributed by atoms with Gasteiger partial charge in [-0.1, -0.05) is 64.7 Å². The van der Waals surface area contributed by atoms with Crippen LogP contribution in [0.15, 0.2) is 40.3 Å². The summed E-state index contributed by atoms with van der Waals surface area (Å²) in [5.74, 6) is -1.47. The molecule has 1 aliphatic heterocycles. The van der Waals surface area contributed by atoms with Crippen molar-refractivity contribution in [3.63, 3.8) is 0 Å². The topological polar surface area (TPSA) is 141 Å². The van der Waals surface area contributed by atoms with Gasteiger partial charge in [-0.2, -0.15) is 4.57 Å². The van der Waals surface area contributed by atoms with E-state index in [1.807, 2.05) is 0 Å². The molecule has 0 aliphatic carbocycles. The molecule has 0 saturated carbocycles. The number of pyridine rings is 1. The summed E-state index contributed by atoms with van der Waals surface area (Å²) in [4.78, 5) is 55.4. The van der Waals surface area contributed by atoms with E-state index in [0.717, 1.165) is 23.8 Å². The number of aliphatic hydroxyl groups is 2. The molecule has 1 unspecified atom stereocenters. The molecular formula is C28H39N3O7. The molecule has 2 aromatic rings. The van der Waals surface area contributed by atoms with Gasteiger partial charge in [0, 0.05) is 30.6 Å². The molecular weight excluding hydrogens is 490 g/mol. The Labute approximate surface area is 222 Å². The van der Waals surface area contributed by atoms with Gasteiger partial charge in [0.2, 0.25) is 0 Å². The lowest BCUT2D eigenvalue weighted by atomic mass is 9.99. The molecule has 4 atom stereocenters. The lowest BCUT2D eigenvalue weighted by Gasteiger charge is -2.19. The number of ketones is 1. The minimum Gasteiger partial charge on any atom is -0.390 e. The third-order valence-corrected chi connectivity index (χ3v) is 6.99. The molecule has 0 radical (unpaired) electrons. The maximum atomic E-state index is 13.2. The number of Topliss-reactive ketones (excluding diaryl/α,β-unsaturated/α-hetero) is 1. The summed E-state index contributed by atoms with van der Waals surface area (Å²) in [7, 11) is 0. The van der Waals surface area contributed by atoms with Crippen LogP contribution in [0.1, 0.15) is 99.7 Å². The zero-order valence-electron chi connectivity index (χ0n) is 22.3. The van der Waals surface area contributed by atoms with Crippen molar-refractivity contribution in [2.45, 2.75) is 109 Å². The van der Waals surface area contributed by atoms with E-state index in [-0.39, 0.29) is 24.0 Å². The first kappa shape index (κ1) is 29.6. The van der Waals surface area contributed by atoms with Crippen LogP contribution in [-0.4, -0.2) is 54.3 Å². The van der Waals surface area contributed by atoms with Gasteiger partial charge in [0.25, 0.3) is 11.5 Å². The second kappa shape index (κ2) is 14.3. The van der Waals surface area contributed by atoms with Gasteiger partial charge < -0.3 is 14.9 Å². The molecule has 0 amide bonds. The molecule has 2 N–H and O–H groups in total. The normalized spacial score (nSPS) is 19.9. The fraction of sp³-hybridized carbons (Fsp3) is 0.607. The van der Waals surface area contributed by atoms with Crippen molar-refractivity contribution >= 4 is 11.7 Å². The Morgan fingerprint density at radius 3 is 2.39 bits per heavy atom. The first-order valence-corrected chi connectivity index (χ1v) is 13.6. The third kappa shape index (κ3) is 7.33. The van der Waals surface area contributed by atoms with Crippen molar-refractivity contribution in [2.75, 3.05) is 0 Å². The first-order chi connectivity index (χ1) is 18.3. The van der Waals surface area contributed by atoms with Gasteiger partial charge in [-0.15, -0.1) is 0 Å². The van der Waals surface area contributed by atoms with E-state index < -0.39 is 47.5 Å². The molecule has 1 aliphatic rings. The highest BCUT2D eigenvalue weighted by Gasteiger charge is 2.42. The highest BCUT2D eigenvalue weighted by Crippen LogP contribution is 2.29. The number of rotatable bonds is 14. The van der Waals surface area contributed by atoms with Gasteiger partial charge in [-0.3, -0.25) is 23.9 Å². The van der Waals surface area contributed by atoms with Crippen molar-refractivity contribution in [3.8, 4) is 0 Å². The Morgan fingerprint density at radius 1 is 1.11 bits per heavy atom. The number of hydrogen-bond donors (Lipinski definition) is 2. The van der Waals surface area contributed by atoms with Gasteiger partial charge in [-0.05, 0) is 25.5 Å². The molecule has 0 bridgehead atoms. The third-order valence-electron chi connectivity index (χ3n) is 6.99. The minimum absolute atomic E-state index is 0.0592. The van der Waals surface area contributed by atoms with E-state index in [1.54, 1.807) is 0 Å². The van der Waals surface area contributed by atoms with E-state index in [0.29, 0.717) is 11.0 Å². The van der Waals surface area contributed by atoms with Gasteiger partial charge in [0.1, 0.15) is 18.4 Å². The molecule has 38 heavy (non-hydrogen) atoms. The fourth-order valence-corrected chi connectivity index (χ4v) is 4.76. The molecule has 1 saturated heterocycles. The number of unbranched alkanes of at least 4 members (excludes halogenated alkanes) is 8. The summed E-state index contributed by atoms with van der Waals surface area (Å²) >= 11 is 0. The molecule has 0 aromatic carbocycles. The average molecular weight is 530 g/mol. The van der Waals surface area contributed by atoms with Crippen LogP contribution < -0.4 is 11.2 Å². The summed E-state index contributed by atoms with van der Waals surface area (Å²) in [5.41, 5.74) is -1.55. The van der Waals surface area contributed by atoms with Crippen LogP contribution in [0.25, 0.3) is 0 Å². The Morgan fingerprint density at radius 2 is 1.76 bits per heavy atom. The molecule has 10 heteroatoms. The van der Waals surface area contributed by atoms with Crippen molar-refractivity contribution in [1.29, 1.82) is 0 Å². The summed E-state index contributed by atoms with van der Waals surface area (Å²) in [5, 5.41) is 21.0. The maximum absolute atomic E-state index is 13.2. The lowest BCUT2D eigenvalue weighted by molar-refractivity contribution is -0.144. The van der Waals surface area contributed by atoms with Crippen LogP contribution in [0.3, 0.4) is 0 Å². The van der Waals surface area contributed by atoms with Crippen LogP contribution in [-0.2, 0) is 9.53 Å². The van der Waals surface area contributed by atoms with Crippen molar-refractivity contribution in [2.24, 2.45) is 0 Å². The Bertz CT molecular complexity index is 1190. The van der Waals surface area contributed by atoms with E-state index in [4.69, 9.17) is 4.74 Å². The average Bonchev–Trinajstić information content (AvgIpc) is 3.30.